The Morgan fingerprint density at radius 2 is 1.85 bits per heavy atom. The number of hydrogen-bond acceptors (Lipinski definition) is 4. The van der Waals surface area contributed by atoms with E-state index in [2.05, 4.69) is 5.32 Å². The van der Waals surface area contributed by atoms with Crippen molar-refractivity contribution in [3.63, 3.8) is 0 Å². The highest BCUT2D eigenvalue weighted by Crippen LogP contribution is 2.32. The van der Waals surface area contributed by atoms with Crippen LogP contribution >= 0.6 is 11.6 Å². The molecule has 2 aromatic rings. The van der Waals surface area contributed by atoms with Crippen molar-refractivity contribution in [1.29, 1.82) is 0 Å². The molecular weight excluding hydrogens is 368 g/mol. The molecule has 0 bridgehead atoms. The summed E-state index contributed by atoms with van der Waals surface area (Å²) < 4.78 is 5.86. The average molecular weight is 391 g/mol. The van der Waals surface area contributed by atoms with Gasteiger partial charge < -0.3 is 15.2 Å². The average Bonchev–Trinajstić information content (AvgIpc) is 2.58. The van der Waals surface area contributed by atoms with E-state index in [1.165, 1.54) is 0 Å². The number of rotatable bonds is 9. The Labute approximate surface area is 163 Å². The maximum Gasteiger partial charge on any atom is 0.317 e. The highest BCUT2D eigenvalue weighted by atomic mass is 35.5. The number of hydrogen-bond donors (Lipinski definition) is 2. The second kappa shape index (κ2) is 9.94. The first-order valence-corrected chi connectivity index (χ1v) is 9.03. The first-order valence-electron chi connectivity index (χ1n) is 8.65. The smallest absolute Gasteiger partial charge is 0.317 e. The summed E-state index contributed by atoms with van der Waals surface area (Å²) in [5.41, 5.74) is 1.54. The van der Waals surface area contributed by atoms with Crippen molar-refractivity contribution in [2.45, 2.75) is 20.3 Å². The van der Waals surface area contributed by atoms with Crippen molar-refractivity contribution in [2.24, 2.45) is 0 Å². The topological polar surface area (TPSA) is 78.9 Å². The Balaban J connectivity index is 2.12. The predicted octanol–water partition coefficient (Wildman–Crippen LogP) is 4.18. The first kappa shape index (κ1) is 20.7. The van der Waals surface area contributed by atoms with Crippen LogP contribution in [0, 0.1) is 6.92 Å². The molecule has 2 aromatic carbocycles. The maximum absolute atomic E-state index is 12.4. The molecule has 0 radical (unpaired) electrons. The number of amides is 1. The summed E-state index contributed by atoms with van der Waals surface area (Å²) in [4.78, 5) is 24.9. The molecule has 2 N–H and O–H groups in total. The van der Waals surface area contributed by atoms with Gasteiger partial charge in [0.15, 0.2) is 5.75 Å². The largest absolute Gasteiger partial charge is 0.480 e. The van der Waals surface area contributed by atoms with Crippen LogP contribution in [-0.2, 0) is 9.59 Å². The first-order chi connectivity index (χ1) is 12.9. The van der Waals surface area contributed by atoms with Gasteiger partial charge in [0, 0.05) is 5.02 Å². The third-order valence-corrected chi connectivity index (χ3v) is 3.97. The highest BCUT2D eigenvalue weighted by molar-refractivity contribution is 6.31. The van der Waals surface area contributed by atoms with E-state index >= 15 is 0 Å². The molecular formula is C20H23ClN2O4. The summed E-state index contributed by atoms with van der Waals surface area (Å²) in [6.07, 6.45) is 0.750. The zero-order chi connectivity index (χ0) is 19.8. The number of carboxylic acid groups (broad SMARTS) is 1. The molecule has 0 aliphatic rings. The van der Waals surface area contributed by atoms with Crippen LogP contribution in [0.2, 0.25) is 5.02 Å². The molecule has 0 aliphatic carbocycles. The molecule has 7 heteroatoms. The minimum atomic E-state index is -0.970. The summed E-state index contributed by atoms with van der Waals surface area (Å²) >= 11 is 6.05. The fraction of sp³-hybridized carbons (Fsp3) is 0.300. The van der Waals surface area contributed by atoms with Gasteiger partial charge in [0.2, 0.25) is 5.91 Å². The minimum absolute atomic E-state index is 0.0311. The van der Waals surface area contributed by atoms with Crippen LogP contribution in [0.1, 0.15) is 18.9 Å². The Morgan fingerprint density at radius 3 is 2.48 bits per heavy atom. The molecule has 0 spiro atoms. The monoisotopic (exact) mass is 390 g/mol. The van der Waals surface area contributed by atoms with Crippen LogP contribution < -0.4 is 10.1 Å². The molecule has 144 valence electrons. The van der Waals surface area contributed by atoms with E-state index in [-0.39, 0.29) is 19.0 Å². The molecule has 1 amide bonds. The van der Waals surface area contributed by atoms with Gasteiger partial charge in [-0.25, -0.2) is 0 Å². The molecule has 0 saturated carbocycles. The van der Waals surface area contributed by atoms with Gasteiger partial charge in [-0.05, 0) is 50.2 Å². The number of carboxylic acids is 1. The van der Waals surface area contributed by atoms with Crippen molar-refractivity contribution < 1.29 is 19.4 Å². The van der Waals surface area contributed by atoms with Gasteiger partial charge >= 0.3 is 5.97 Å². The van der Waals surface area contributed by atoms with Crippen LogP contribution in [0.25, 0.3) is 0 Å². The molecule has 6 nitrogen and oxygen atoms in total. The Morgan fingerprint density at radius 1 is 1.15 bits per heavy atom. The Hall–Kier alpha value is -2.57. The molecule has 27 heavy (non-hydrogen) atoms. The quantitative estimate of drug-likeness (QED) is 0.671. The maximum atomic E-state index is 12.4. The second-order valence-corrected chi connectivity index (χ2v) is 6.64. The Bertz CT molecular complexity index is 793. The lowest BCUT2D eigenvalue weighted by atomic mass is 10.2. The third kappa shape index (κ3) is 6.92. The van der Waals surface area contributed by atoms with Gasteiger partial charge in [-0.15, -0.1) is 0 Å². The molecule has 2 rings (SSSR count). The lowest BCUT2D eigenvalue weighted by Gasteiger charge is -2.19. The lowest BCUT2D eigenvalue weighted by molar-refractivity contribution is -0.138. The SMILES string of the molecule is CCCN(CC(=O)O)CC(=O)Nc1cc(Cl)ccc1Oc1ccc(C)cc1. The number of ether oxygens (including phenoxy) is 1. The van der Waals surface area contributed by atoms with Crippen molar-refractivity contribution >= 4 is 29.2 Å². The van der Waals surface area contributed by atoms with Crippen LogP contribution in [0.3, 0.4) is 0 Å². The summed E-state index contributed by atoms with van der Waals surface area (Å²) in [7, 11) is 0. The van der Waals surface area contributed by atoms with Crippen molar-refractivity contribution in [1.82, 2.24) is 4.90 Å². The van der Waals surface area contributed by atoms with E-state index in [4.69, 9.17) is 21.4 Å². The van der Waals surface area contributed by atoms with Crippen molar-refractivity contribution in [2.75, 3.05) is 25.0 Å². The van der Waals surface area contributed by atoms with Crippen LogP contribution in [-0.4, -0.2) is 41.5 Å². The standard InChI is InChI=1S/C20H23ClN2O4/c1-3-10-23(13-20(25)26)12-19(24)22-17-11-15(21)6-9-18(17)27-16-7-4-14(2)5-8-16/h4-9,11H,3,10,12-13H2,1-2H3,(H,22,24)(H,25,26). The number of halogens is 1. The number of nitrogens with one attached hydrogen (secondary N) is 1. The molecule has 0 atom stereocenters. The van der Waals surface area contributed by atoms with E-state index in [1.54, 1.807) is 23.1 Å². The Kier molecular flexibility index (Phi) is 7.64. The molecule has 0 unspecified atom stereocenters. The zero-order valence-electron chi connectivity index (χ0n) is 15.4. The lowest BCUT2D eigenvalue weighted by Crippen LogP contribution is -2.37. The number of carbonyl (C=O) groups excluding carboxylic acids is 1. The van der Waals surface area contributed by atoms with E-state index in [0.717, 1.165) is 12.0 Å². The van der Waals surface area contributed by atoms with E-state index in [9.17, 15) is 9.59 Å². The number of aliphatic carboxylic acids is 1. The van der Waals surface area contributed by atoms with Gasteiger partial charge in [-0.3, -0.25) is 14.5 Å². The number of nitrogens with zero attached hydrogens (tertiary/aromatic N) is 1. The van der Waals surface area contributed by atoms with Crippen molar-refractivity contribution in [3.8, 4) is 11.5 Å². The number of aryl methyl sites for hydroxylation is 1. The number of carbonyl (C=O) groups is 2. The fourth-order valence-electron chi connectivity index (χ4n) is 2.54. The van der Waals surface area contributed by atoms with Gasteiger partial charge in [0.05, 0.1) is 18.8 Å². The summed E-state index contributed by atoms with van der Waals surface area (Å²) in [5.74, 6) is -0.211. The molecule has 0 saturated heterocycles. The second-order valence-electron chi connectivity index (χ2n) is 6.21. The predicted molar refractivity (Wildman–Crippen MR) is 106 cm³/mol. The van der Waals surface area contributed by atoms with Gasteiger partial charge in [-0.1, -0.05) is 36.2 Å². The van der Waals surface area contributed by atoms with Crippen LogP contribution in [0.5, 0.6) is 11.5 Å². The van der Waals surface area contributed by atoms with E-state index in [1.807, 2.05) is 38.1 Å². The highest BCUT2D eigenvalue weighted by Gasteiger charge is 2.15. The zero-order valence-corrected chi connectivity index (χ0v) is 16.1. The summed E-state index contributed by atoms with van der Waals surface area (Å²) in [6, 6.07) is 12.5. The van der Waals surface area contributed by atoms with E-state index in [0.29, 0.717) is 28.8 Å². The van der Waals surface area contributed by atoms with Gasteiger partial charge in [0.1, 0.15) is 5.75 Å². The van der Waals surface area contributed by atoms with Crippen LogP contribution in [0.15, 0.2) is 42.5 Å². The molecule has 0 aromatic heterocycles. The normalized spacial score (nSPS) is 10.7. The fourth-order valence-corrected chi connectivity index (χ4v) is 2.71. The van der Waals surface area contributed by atoms with Crippen molar-refractivity contribution in [3.05, 3.63) is 53.1 Å². The summed E-state index contributed by atoms with van der Waals surface area (Å²) in [6.45, 7) is 4.20. The number of benzene rings is 2. The number of anilines is 1. The molecule has 0 aliphatic heterocycles. The summed E-state index contributed by atoms with van der Waals surface area (Å²) in [5, 5.41) is 12.2. The van der Waals surface area contributed by atoms with Crippen LogP contribution in [0.4, 0.5) is 5.69 Å². The molecule has 0 heterocycles. The third-order valence-electron chi connectivity index (χ3n) is 3.73. The molecule has 0 fully saturated rings. The van der Waals surface area contributed by atoms with Gasteiger partial charge in [-0.2, -0.15) is 0 Å². The van der Waals surface area contributed by atoms with E-state index < -0.39 is 5.97 Å². The van der Waals surface area contributed by atoms with Gasteiger partial charge in [0.25, 0.3) is 0 Å². The minimum Gasteiger partial charge on any atom is -0.480 e.